The standard InChI is InChI=1S/C31H43N3O2S/c1-19(2)32-12-13-34-24(28(32)35)14-21-15-31(6,17-25(21)34)10-7-8-20(3)33-11-9-22-23-16-30(4,5)18-26(23)37-27(22)29(33)36/h14,19-20H,7-13,15-18H2,1-6H3. The Morgan fingerprint density at radius 3 is 2.46 bits per heavy atom. The highest BCUT2D eigenvalue weighted by Gasteiger charge is 2.40. The van der Waals surface area contributed by atoms with E-state index in [-0.39, 0.29) is 29.3 Å². The average Bonchev–Trinajstić information content (AvgIpc) is 3.50. The van der Waals surface area contributed by atoms with Gasteiger partial charge >= 0.3 is 0 Å². The van der Waals surface area contributed by atoms with Gasteiger partial charge < -0.3 is 14.4 Å². The minimum absolute atomic E-state index is 0.195. The van der Waals surface area contributed by atoms with Gasteiger partial charge in [0.2, 0.25) is 0 Å². The van der Waals surface area contributed by atoms with Gasteiger partial charge in [-0.15, -0.1) is 11.3 Å². The van der Waals surface area contributed by atoms with E-state index in [1.165, 1.54) is 33.7 Å². The number of amides is 2. The van der Waals surface area contributed by atoms with Gasteiger partial charge in [-0.05, 0) is 99.3 Å². The zero-order valence-electron chi connectivity index (χ0n) is 23.6. The van der Waals surface area contributed by atoms with E-state index in [2.05, 4.69) is 57.1 Å². The molecule has 37 heavy (non-hydrogen) atoms. The fourth-order valence-corrected chi connectivity index (χ4v) is 9.25. The Balaban J connectivity index is 1.06. The molecule has 2 aliphatic carbocycles. The summed E-state index contributed by atoms with van der Waals surface area (Å²) in [6.07, 6.45) is 8.78. The second-order valence-corrected chi connectivity index (χ2v) is 14.8. The number of rotatable bonds is 6. The summed E-state index contributed by atoms with van der Waals surface area (Å²) >= 11 is 1.79. The average molecular weight is 522 g/mol. The van der Waals surface area contributed by atoms with Crippen molar-refractivity contribution >= 4 is 23.2 Å². The molecule has 0 spiro atoms. The zero-order chi connectivity index (χ0) is 26.3. The predicted molar refractivity (Wildman–Crippen MR) is 150 cm³/mol. The predicted octanol–water partition coefficient (Wildman–Crippen LogP) is 5.90. The van der Waals surface area contributed by atoms with Crippen molar-refractivity contribution in [2.75, 3.05) is 13.1 Å². The Bertz CT molecular complexity index is 1270. The quantitative estimate of drug-likeness (QED) is 0.475. The van der Waals surface area contributed by atoms with Crippen molar-refractivity contribution in [2.24, 2.45) is 10.8 Å². The van der Waals surface area contributed by atoms with Crippen LogP contribution in [0.3, 0.4) is 0 Å². The number of thiophene rings is 1. The van der Waals surface area contributed by atoms with Crippen molar-refractivity contribution in [1.82, 2.24) is 14.4 Å². The molecule has 0 saturated carbocycles. The molecule has 0 saturated heterocycles. The molecule has 0 radical (unpaired) electrons. The summed E-state index contributed by atoms with van der Waals surface area (Å²) in [6, 6.07) is 2.72. The van der Waals surface area contributed by atoms with Crippen LogP contribution >= 0.6 is 11.3 Å². The van der Waals surface area contributed by atoms with Crippen molar-refractivity contribution < 1.29 is 9.59 Å². The molecule has 2 aliphatic heterocycles. The van der Waals surface area contributed by atoms with Gasteiger partial charge in [-0.25, -0.2) is 0 Å². The van der Waals surface area contributed by atoms with E-state index in [0.717, 1.165) is 75.2 Å². The topological polar surface area (TPSA) is 45.5 Å². The number of carbonyl (C=O) groups excluding carboxylic acids is 2. The summed E-state index contributed by atoms with van der Waals surface area (Å²) in [7, 11) is 0. The molecule has 4 heterocycles. The molecule has 0 fully saturated rings. The monoisotopic (exact) mass is 521 g/mol. The number of hydrogen-bond donors (Lipinski definition) is 0. The highest BCUT2D eigenvalue weighted by atomic mass is 32.1. The molecule has 6 heteroatoms. The van der Waals surface area contributed by atoms with Crippen LogP contribution in [0.25, 0.3) is 0 Å². The van der Waals surface area contributed by atoms with E-state index in [1.54, 1.807) is 11.3 Å². The van der Waals surface area contributed by atoms with Crippen molar-refractivity contribution in [1.29, 1.82) is 0 Å². The first-order chi connectivity index (χ1) is 17.5. The lowest BCUT2D eigenvalue weighted by atomic mass is 9.81. The lowest BCUT2D eigenvalue weighted by Crippen LogP contribution is -2.44. The third-order valence-corrected chi connectivity index (χ3v) is 10.9. The fraction of sp³-hybridized carbons (Fsp3) is 0.677. The number of nitrogens with zero attached hydrogens (tertiary/aromatic N) is 3. The van der Waals surface area contributed by atoms with Crippen LogP contribution in [-0.4, -0.2) is 51.4 Å². The third kappa shape index (κ3) is 4.18. The summed E-state index contributed by atoms with van der Waals surface area (Å²) in [6.45, 7) is 16.2. The molecule has 2 aromatic rings. The number of carbonyl (C=O) groups is 2. The lowest BCUT2D eigenvalue weighted by molar-refractivity contribution is 0.0642. The molecule has 0 N–H and O–H groups in total. The molecule has 2 aromatic heterocycles. The SMILES string of the molecule is CC(C)N1CCn2c(cc3c2CC(C)(CCCC(C)N2CCc4c(sc5c4CC(C)(C)C5)C2=O)C3)C1=O. The van der Waals surface area contributed by atoms with Crippen molar-refractivity contribution in [3.63, 3.8) is 0 Å². The van der Waals surface area contributed by atoms with Crippen LogP contribution in [-0.2, 0) is 38.6 Å². The van der Waals surface area contributed by atoms with Gasteiger partial charge in [-0.2, -0.15) is 0 Å². The van der Waals surface area contributed by atoms with Gasteiger partial charge in [-0.3, -0.25) is 9.59 Å². The molecule has 2 amide bonds. The minimum Gasteiger partial charge on any atom is -0.339 e. The zero-order valence-corrected chi connectivity index (χ0v) is 24.4. The summed E-state index contributed by atoms with van der Waals surface area (Å²) in [5, 5.41) is 0. The van der Waals surface area contributed by atoms with Crippen LogP contribution in [0.1, 0.15) is 108 Å². The van der Waals surface area contributed by atoms with E-state index >= 15 is 0 Å². The van der Waals surface area contributed by atoms with Crippen molar-refractivity contribution in [3.05, 3.63) is 43.9 Å². The molecule has 0 aromatic carbocycles. The minimum atomic E-state index is 0.195. The number of aromatic nitrogens is 1. The summed E-state index contributed by atoms with van der Waals surface area (Å²) in [5.74, 6) is 0.474. The normalized spacial score (nSPS) is 24.9. The van der Waals surface area contributed by atoms with E-state index in [9.17, 15) is 9.59 Å². The maximum Gasteiger partial charge on any atom is 0.270 e. The molecule has 2 unspecified atom stereocenters. The molecule has 200 valence electrons. The molecule has 2 atom stereocenters. The Kier molecular flexibility index (Phi) is 5.94. The van der Waals surface area contributed by atoms with Crippen LogP contribution in [0.15, 0.2) is 6.07 Å². The molecule has 5 nitrogen and oxygen atoms in total. The molecule has 4 aliphatic rings. The van der Waals surface area contributed by atoms with Crippen LogP contribution in [0.4, 0.5) is 0 Å². The molecule has 0 bridgehead atoms. The highest BCUT2D eigenvalue weighted by molar-refractivity contribution is 7.14. The Morgan fingerprint density at radius 2 is 1.70 bits per heavy atom. The maximum absolute atomic E-state index is 13.5. The second kappa shape index (κ2) is 8.72. The van der Waals surface area contributed by atoms with Crippen LogP contribution < -0.4 is 0 Å². The van der Waals surface area contributed by atoms with Gasteiger partial charge in [0.1, 0.15) is 5.69 Å². The molecular formula is C31H43N3O2S. The van der Waals surface area contributed by atoms with E-state index in [0.29, 0.717) is 5.41 Å². The van der Waals surface area contributed by atoms with Crippen molar-refractivity contribution in [2.45, 2.75) is 112 Å². The van der Waals surface area contributed by atoms with Crippen LogP contribution in [0.2, 0.25) is 0 Å². The Hall–Kier alpha value is -2.08. The maximum atomic E-state index is 13.5. The third-order valence-electron chi connectivity index (χ3n) is 9.66. The number of hydrogen-bond acceptors (Lipinski definition) is 3. The first-order valence-corrected chi connectivity index (χ1v) is 15.2. The van der Waals surface area contributed by atoms with Gasteiger partial charge in [0.05, 0.1) is 4.88 Å². The van der Waals surface area contributed by atoms with Gasteiger partial charge in [0.25, 0.3) is 11.8 Å². The summed E-state index contributed by atoms with van der Waals surface area (Å²) < 4.78 is 2.31. The molecule has 6 rings (SSSR count). The summed E-state index contributed by atoms with van der Waals surface area (Å²) in [4.78, 5) is 33.1. The van der Waals surface area contributed by atoms with Crippen molar-refractivity contribution in [3.8, 4) is 0 Å². The van der Waals surface area contributed by atoms with Gasteiger partial charge in [0.15, 0.2) is 0 Å². The number of fused-ring (bicyclic) bond motifs is 6. The van der Waals surface area contributed by atoms with E-state index in [4.69, 9.17) is 0 Å². The summed E-state index contributed by atoms with van der Waals surface area (Å²) in [5.41, 5.74) is 7.16. The Morgan fingerprint density at radius 1 is 0.919 bits per heavy atom. The largest absolute Gasteiger partial charge is 0.339 e. The first kappa shape index (κ1) is 25.2. The first-order valence-electron chi connectivity index (χ1n) is 14.4. The van der Waals surface area contributed by atoms with Gasteiger partial charge in [-0.1, -0.05) is 27.2 Å². The van der Waals surface area contributed by atoms with Crippen LogP contribution in [0, 0.1) is 10.8 Å². The molecular weight excluding hydrogens is 478 g/mol. The fourth-order valence-electron chi connectivity index (χ4n) is 7.67. The lowest BCUT2D eigenvalue weighted by Gasteiger charge is -2.34. The second-order valence-electron chi connectivity index (χ2n) is 13.7. The van der Waals surface area contributed by atoms with E-state index < -0.39 is 0 Å². The van der Waals surface area contributed by atoms with E-state index in [1.807, 2.05) is 4.90 Å². The van der Waals surface area contributed by atoms with Crippen LogP contribution in [0.5, 0.6) is 0 Å². The Labute approximate surface area is 226 Å². The van der Waals surface area contributed by atoms with Gasteiger partial charge in [0, 0.05) is 42.3 Å². The smallest absolute Gasteiger partial charge is 0.270 e. The highest BCUT2D eigenvalue weighted by Crippen LogP contribution is 2.46.